The van der Waals surface area contributed by atoms with E-state index in [4.69, 9.17) is 10.1 Å². The molecule has 1 aliphatic heterocycles. The highest BCUT2D eigenvalue weighted by molar-refractivity contribution is 5.67. The van der Waals surface area contributed by atoms with Crippen LogP contribution in [0.15, 0.2) is 30.3 Å². The first-order chi connectivity index (χ1) is 12.1. The molecular weight excluding hydrogens is 319 g/mol. The number of carboxylic acid groups (broad SMARTS) is 1. The molecule has 2 aliphatic rings. The molecule has 0 spiro atoms. The van der Waals surface area contributed by atoms with Gasteiger partial charge in [0.1, 0.15) is 11.6 Å². The second-order valence-electron chi connectivity index (χ2n) is 6.94. The number of halogens is 1. The quantitative estimate of drug-likeness (QED) is 0.902. The van der Waals surface area contributed by atoms with Crippen LogP contribution in [0.25, 0.3) is 0 Å². The summed E-state index contributed by atoms with van der Waals surface area (Å²) in [5.41, 5.74) is 3.38. The SMILES string of the molecule is O=C(O)CCc1ccc2c(c1F)CCN(c1cccc(C3CC3)n1)C2. The van der Waals surface area contributed by atoms with Crippen LogP contribution in [-0.4, -0.2) is 22.6 Å². The van der Waals surface area contributed by atoms with Gasteiger partial charge in [-0.3, -0.25) is 4.79 Å². The lowest BCUT2D eigenvalue weighted by Crippen LogP contribution is -2.32. The minimum atomic E-state index is -0.898. The number of benzene rings is 1. The zero-order valence-electron chi connectivity index (χ0n) is 14.0. The van der Waals surface area contributed by atoms with Crippen LogP contribution in [0, 0.1) is 5.82 Å². The van der Waals surface area contributed by atoms with Crippen LogP contribution >= 0.6 is 0 Å². The van der Waals surface area contributed by atoms with E-state index in [2.05, 4.69) is 17.0 Å². The zero-order chi connectivity index (χ0) is 17.4. The van der Waals surface area contributed by atoms with Crippen molar-refractivity contribution in [2.45, 2.75) is 44.6 Å². The molecule has 2 heterocycles. The average molecular weight is 340 g/mol. The van der Waals surface area contributed by atoms with Gasteiger partial charge in [-0.05, 0) is 54.5 Å². The predicted octanol–water partition coefficient (Wildman–Crippen LogP) is 3.68. The number of aryl methyl sites for hydroxylation is 1. The van der Waals surface area contributed by atoms with Gasteiger partial charge < -0.3 is 10.0 Å². The van der Waals surface area contributed by atoms with Crippen LogP contribution < -0.4 is 4.90 Å². The van der Waals surface area contributed by atoms with E-state index in [1.165, 1.54) is 18.5 Å². The number of nitrogens with zero attached hydrogens (tertiary/aromatic N) is 2. The fourth-order valence-electron chi connectivity index (χ4n) is 3.51. The molecule has 1 aromatic heterocycles. The van der Waals surface area contributed by atoms with Gasteiger partial charge in [0.25, 0.3) is 0 Å². The molecule has 4 nitrogen and oxygen atoms in total. The van der Waals surface area contributed by atoms with Crippen LogP contribution in [-0.2, 0) is 24.2 Å². The largest absolute Gasteiger partial charge is 0.481 e. The molecule has 1 N–H and O–H groups in total. The lowest BCUT2D eigenvalue weighted by atomic mass is 9.94. The molecule has 2 aromatic rings. The number of carbonyl (C=O) groups is 1. The molecular formula is C20H21FN2O2. The summed E-state index contributed by atoms with van der Waals surface area (Å²) in [6, 6.07) is 9.84. The van der Waals surface area contributed by atoms with E-state index >= 15 is 0 Å². The van der Waals surface area contributed by atoms with E-state index in [0.29, 0.717) is 24.4 Å². The Bertz CT molecular complexity index is 817. The molecule has 1 aliphatic carbocycles. The van der Waals surface area contributed by atoms with Crippen molar-refractivity contribution in [3.63, 3.8) is 0 Å². The Morgan fingerprint density at radius 1 is 1.28 bits per heavy atom. The second kappa shape index (κ2) is 6.47. The Labute approximate surface area is 146 Å². The standard InChI is InChI=1S/C20H21FN2O2/c21-20-14(8-9-19(24)25)6-7-15-12-23(11-10-16(15)20)18-3-1-2-17(22-18)13-4-5-13/h1-3,6-7,13H,4-5,8-12H2,(H,24,25). The molecule has 130 valence electrons. The number of carboxylic acids is 1. The summed E-state index contributed by atoms with van der Waals surface area (Å²) in [5.74, 6) is 0.458. The van der Waals surface area contributed by atoms with Gasteiger partial charge in [-0.2, -0.15) is 0 Å². The average Bonchev–Trinajstić information content (AvgIpc) is 3.46. The summed E-state index contributed by atoms with van der Waals surface area (Å²) in [7, 11) is 0. The predicted molar refractivity (Wildman–Crippen MR) is 93.3 cm³/mol. The van der Waals surface area contributed by atoms with Gasteiger partial charge in [0.2, 0.25) is 0 Å². The third-order valence-corrected chi connectivity index (χ3v) is 5.10. The smallest absolute Gasteiger partial charge is 0.303 e. The third kappa shape index (κ3) is 3.36. The van der Waals surface area contributed by atoms with E-state index in [1.807, 2.05) is 12.1 Å². The molecule has 0 unspecified atom stereocenters. The van der Waals surface area contributed by atoms with Crippen molar-refractivity contribution < 1.29 is 14.3 Å². The molecule has 0 saturated heterocycles. The van der Waals surface area contributed by atoms with Crippen molar-refractivity contribution in [1.82, 2.24) is 4.98 Å². The molecule has 0 bridgehead atoms. The number of hydrogen-bond acceptors (Lipinski definition) is 3. The van der Waals surface area contributed by atoms with Crippen LogP contribution in [0.5, 0.6) is 0 Å². The van der Waals surface area contributed by atoms with Crippen LogP contribution in [0.2, 0.25) is 0 Å². The molecule has 1 aromatic carbocycles. The summed E-state index contributed by atoms with van der Waals surface area (Å²) in [6.45, 7) is 1.38. The number of aromatic nitrogens is 1. The maximum Gasteiger partial charge on any atom is 0.303 e. The Hall–Kier alpha value is -2.43. The van der Waals surface area contributed by atoms with Gasteiger partial charge in [0, 0.05) is 31.1 Å². The van der Waals surface area contributed by atoms with Crippen molar-refractivity contribution in [2.24, 2.45) is 0 Å². The summed E-state index contributed by atoms with van der Waals surface area (Å²) in [4.78, 5) is 17.7. The topological polar surface area (TPSA) is 53.4 Å². The van der Waals surface area contributed by atoms with E-state index in [0.717, 1.165) is 23.5 Å². The van der Waals surface area contributed by atoms with Gasteiger partial charge in [-0.25, -0.2) is 9.37 Å². The Balaban J connectivity index is 1.54. The van der Waals surface area contributed by atoms with Gasteiger partial charge >= 0.3 is 5.97 Å². The Morgan fingerprint density at radius 3 is 2.88 bits per heavy atom. The van der Waals surface area contributed by atoms with E-state index in [9.17, 15) is 9.18 Å². The minimum absolute atomic E-state index is 0.0420. The fraction of sp³-hybridized carbons (Fsp3) is 0.400. The third-order valence-electron chi connectivity index (χ3n) is 5.10. The molecule has 1 fully saturated rings. The monoisotopic (exact) mass is 340 g/mol. The summed E-state index contributed by atoms with van der Waals surface area (Å²) in [5, 5.41) is 8.79. The Kier molecular flexibility index (Phi) is 4.15. The number of aliphatic carboxylic acids is 1. The number of anilines is 1. The Morgan fingerprint density at radius 2 is 2.12 bits per heavy atom. The first-order valence-electron chi connectivity index (χ1n) is 8.84. The van der Waals surface area contributed by atoms with E-state index in [-0.39, 0.29) is 18.7 Å². The number of hydrogen-bond donors (Lipinski definition) is 1. The van der Waals surface area contributed by atoms with Crippen molar-refractivity contribution in [3.8, 4) is 0 Å². The lowest BCUT2D eigenvalue weighted by molar-refractivity contribution is -0.136. The normalized spacial score (nSPS) is 16.6. The zero-order valence-corrected chi connectivity index (χ0v) is 14.0. The molecule has 4 rings (SSSR count). The molecule has 25 heavy (non-hydrogen) atoms. The van der Waals surface area contributed by atoms with Crippen molar-refractivity contribution in [1.29, 1.82) is 0 Å². The summed E-state index contributed by atoms with van der Waals surface area (Å²) < 4.78 is 14.7. The van der Waals surface area contributed by atoms with Gasteiger partial charge in [-0.15, -0.1) is 0 Å². The van der Waals surface area contributed by atoms with Gasteiger partial charge in [0.05, 0.1) is 0 Å². The highest BCUT2D eigenvalue weighted by Gasteiger charge is 2.26. The molecule has 5 heteroatoms. The maximum absolute atomic E-state index is 14.7. The first kappa shape index (κ1) is 16.1. The highest BCUT2D eigenvalue weighted by Crippen LogP contribution is 2.39. The minimum Gasteiger partial charge on any atom is -0.481 e. The fourth-order valence-corrected chi connectivity index (χ4v) is 3.51. The molecule has 0 amide bonds. The first-order valence-corrected chi connectivity index (χ1v) is 8.84. The van der Waals surface area contributed by atoms with Crippen LogP contribution in [0.4, 0.5) is 10.2 Å². The number of rotatable bonds is 5. The van der Waals surface area contributed by atoms with Crippen molar-refractivity contribution in [2.75, 3.05) is 11.4 Å². The second-order valence-corrected chi connectivity index (χ2v) is 6.94. The lowest BCUT2D eigenvalue weighted by Gasteiger charge is -2.30. The van der Waals surface area contributed by atoms with Crippen molar-refractivity contribution >= 4 is 11.8 Å². The van der Waals surface area contributed by atoms with Gasteiger partial charge in [0.15, 0.2) is 0 Å². The number of fused-ring (bicyclic) bond motifs is 1. The van der Waals surface area contributed by atoms with Crippen LogP contribution in [0.3, 0.4) is 0 Å². The maximum atomic E-state index is 14.7. The molecule has 0 atom stereocenters. The summed E-state index contributed by atoms with van der Waals surface area (Å²) >= 11 is 0. The highest BCUT2D eigenvalue weighted by atomic mass is 19.1. The van der Waals surface area contributed by atoms with Crippen LogP contribution in [0.1, 0.15) is 47.6 Å². The number of pyridine rings is 1. The molecule has 1 saturated carbocycles. The summed E-state index contributed by atoms with van der Waals surface area (Å²) in [6.07, 6.45) is 3.27. The molecule has 0 radical (unpaired) electrons. The van der Waals surface area contributed by atoms with E-state index in [1.54, 1.807) is 6.07 Å². The van der Waals surface area contributed by atoms with E-state index < -0.39 is 5.97 Å². The van der Waals surface area contributed by atoms with Gasteiger partial charge in [-0.1, -0.05) is 18.2 Å². The van der Waals surface area contributed by atoms with Crippen molar-refractivity contribution in [3.05, 3.63) is 58.5 Å².